The summed E-state index contributed by atoms with van der Waals surface area (Å²) in [6, 6.07) is 34.6. The van der Waals surface area contributed by atoms with Crippen LogP contribution >= 0.6 is 0 Å². The molecule has 0 aliphatic heterocycles. The smallest absolute Gasteiger partial charge is 0.235 e. The van der Waals surface area contributed by atoms with Crippen LogP contribution in [0, 0.1) is 0 Å². The molecule has 0 unspecified atom stereocenters. The number of hydrogen-bond donors (Lipinski definition) is 0. The van der Waals surface area contributed by atoms with Gasteiger partial charge in [-0.3, -0.25) is 4.57 Å². The minimum atomic E-state index is -0.0949. The minimum Gasteiger partial charge on any atom is -0.277 e. The van der Waals surface area contributed by atoms with Crippen LogP contribution in [0.25, 0.3) is 60.6 Å². The molecule has 0 amide bonds. The van der Waals surface area contributed by atoms with E-state index in [-0.39, 0.29) is 5.41 Å². The Bertz CT molecular complexity index is 2030. The van der Waals surface area contributed by atoms with Crippen LogP contribution in [0.1, 0.15) is 25.0 Å². The molecule has 36 heavy (non-hydrogen) atoms. The van der Waals surface area contributed by atoms with Crippen molar-refractivity contribution in [1.82, 2.24) is 14.5 Å². The van der Waals surface area contributed by atoms with E-state index in [1.807, 2.05) is 18.3 Å². The maximum Gasteiger partial charge on any atom is 0.235 e. The van der Waals surface area contributed by atoms with Crippen LogP contribution in [0.2, 0.25) is 0 Å². The van der Waals surface area contributed by atoms with Crippen LogP contribution in [-0.2, 0) is 5.41 Å². The highest BCUT2D eigenvalue weighted by molar-refractivity contribution is 6.26. The molecule has 170 valence electrons. The van der Waals surface area contributed by atoms with Crippen molar-refractivity contribution in [2.24, 2.45) is 0 Å². The zero-order chi connectivity index (χ0) is 24.0. The quantitative estimate of drug-likeness (QED) is 0.247. The third kappa shape index (κ3) is 2.37. The molecule has 1 aliphatic carbocycles. The largest absolute Gasteiger partial charge is 0.277 e. The Balaban J connectivity index is 1.66. The van der Waals surface area contributed by atoms with Crippen molar-refractivity contribution in [1.29, 1.82) is 0 Å². The van der Waals surface area contributed by atoms with Gasteiger partial charge in [-0.2, -0.15) is 0 Å². The van der Waals surface area contributed by atoms with Crippen molar-refractivity contribution in [2.75, 3.05) is 0 Å². The van der Waals surface area contributed by atoms with Crippen molar-refractivity contribution in [3.05, 3.63) is 114 Å². The molecule has 3 heteroatoms. The van der Waals surface area contributed by atoms with Crippen LogP contribution in [0.15, 0.2) is 103 Å². The molecule has 7 aromatic rings. The molecule has 8 rings (SSSR count). The van der Waals surface area contributed by atoms with Crippen LogP contribution in [-0.4, -0.2) is 14.5 Å². The van der Waals surface area contributed by atoms with Gasteiger partial charge in [0.2, 0.25) is 5.95 Å². The monoisotopic (exact) mass is 461 g/mol. The number of nitrogens with zero attached hydrogens (tertiary/aromatic N) is 3. The highest BCUT2D eigenvalue weighted by atomic mass is 15.2. The maximum atomic E-state index is 5.04. The Kier molecular flexibility index (Phi) is 3.73. The van der Waals surface area contributed by atoms with E-state index >= 15 is 0 Å². The molecule has 0 atom stereocenters. The Labute approximate surface area is 208 Å². The van der Waals surface area contributed by atoms with E-state index in [0.717, 1.165) is 16.4 Å². The fraction of sp³-hybridized carbons (Fsp3) is 0.0909. The van der Waals surface area contributed by atoms with Crippen molar-refractivity contribution in [3.63, 3.8) is 0 Å². The second-order valence-corrected chi connectivity index (χ2v) is 10.3. The van der Waals surface area contributed by atoms with Crippen LogP contribution in [0.3, 0.4) is 0 Å². The van der Waals surface area contributed by atoms with Gasteiger partial charge >= 0.3 is 0 Å². The van der Waals surface area contributed by atoms with E-state index in [0.29, 0.717) is 5.95 Å². The summed E-state index contributed by atoms with van der Waals surface area (Å²) < 4.78 is 2.27. The first-order valence-corrected chi connectivity index (χ1v) is 12.4. The molecule has 5 aromatic carbocycles. The Morgan fingerprint density at radius 3 is 2.28 bits per heavy atom. The maximum absolute atomic E-state index is 5.04. The number of rotatable bonds is 1. The summed E-state index contributed by atoms with van der Waals surface area (Å²) in [5, 5.41) is 6.10. The molecule has 0 spiro atoms. The first-order valence-electron chi connectivity index (χ1n) is 12.4. The van der Waals surface area contributed by atoms with E-state index in [2.05, 4.69) is 103 Å². The molecule has 0 saturated carbocycles. The molecule has 0 saturated heterocycles. The molecule has 1 aliphatic rings. The van der Waals surface area contributed by atoms with Gasteiger partial charge in [-0.1, -0.05) is 98.8 Å². The lowest BCUT2D eigenvalue weighted by atomic mass is 9.79. The Morgan fingerprint density at radius 1 is 0.694 bits per heavy atom. The predicted molar refractivity (Wildman–Crippen MR) is 149 cm³/mol. The van der Waals surface area contributed by atoms with Gasteiger partial charge < -0.3 is 0 Å². The Morgan fingerprint density at radius 2 is 1.39 bits per heavy atom. The average molecular weight is 462 g/mol. The summed E-state index contributed by atoms with van der Waals surface area (Å²) in [5.74, 6) is 0.704. The first-order chi connectivity index (χ1) is 17.6. The Hall–Kier alpha value is -4.50. The van der Waals surface area contributed by atoms with Crippen molar-refractivity contribution in [2.45, 2.75) is 19.3 Å². The van der Waals surface area contributed by atoms with Gasteiger partial charge in [0.05, 0.1) is 16.6 Å². The highest BCUT2D eigenvalue weighted by Gasteiger charge is 2.39. The molecule has 2 aromatic heterocycles. The number of aromatic nitrogens is 3. The molecule has 3 nitrogen and oxygen atoms in total. The van der Waals surface area contributed by atoms with E-state index in [9.17, 15) is 0 Å². The highest BCUT2D eigenvalue weighted by Crippen LogP contribution is 2.56. The normalized spacial score (nSPS) is 14.1. The van der Waals surface area contributed by atoms with Crippen LogP contribution < -0.4 is 0 Å². The van der Waals surface area contributed by atoms with Gasteiger partial charge in [0.15, 0.2) is 0 Å². The summed E-state index contributed by atoms with van der Waals surface area (Å²) in [5.41, 5.74) is 8.63. The number of fused-ring (bicyclic) bond motifs is 11. The second-order valence-electron chi connectivity index (χ2n) is 10.3. The van der Waals surface area contributed by atoms with Gasteiger partial charge in [-0.15, -0.1) is 0 Å². The fourth-order valence-electron chi connectivity index (χ4n) is 6.49. The lowest BCUT2D eigenvalue weighted by Crippen LogP contribution is -2.15. The topological polar surface area (TPSA) is 30.7 Å². The van der Waals surface area contributed by atoms with Crippen molar-refractivity contribution >= 4 is 43.5 Å². The van der Waals surface area contributed by atoms with Crippen LogP contribution in [0.5, 0.6) is 0 Å². The molecular weight excluding hydrogens is 438 g/mol. The third-order valence-corrected chi connectivity index (χ3v) is 8.00. The summed E-state index contributed by atoms with van der Waals surface area (Å²) in [4.78, 5) is 9.92. The number of hydrogen-bond acceptors (Lipinski definition) is 2. The summed E-state index contributed by atoms with van der Waals surface area (Å²) in [6.07, 6.45) is 1.94. The van der Waals surface area contributed by atoms with E-state index < -0.39 is 0 Å². The van der Waals surface area contributed by atoms with Crippen LogP contribution in [0.4, 0.5) is 0 Å². The lowest BCUT2D eigenvalue weighted by Gasteiger charge is -2.23. The zero-order valence-electron chi connectivity index (χ0n) is 20.2. The average Bonchev–Trinajstić information content (AvgIpc) is 3.39. The van der Waals surface area contributed by atoms with E-state index in [1.54, 1.807) is 0 Å². The van der Waals surface area contributed by atoms with Gasteiger partial charge in [-0.25, -0.2) is 9.97 Å². The summed E-state index contributed by atoms with van der Waals surface area (Å²) in [6.45, 7) is 4.73. The molecule has 2 heterocycles. The molecular formula is C33H23N3. The second kappa shape index (κ2) is 6.79. The van der Waals surface area contributed by atoms with Crippen molar-refractivity contribution < 1.29 is 0 Å². The van der Waals surface area contributed by atoms with Gasteiger partial charge in [0.25, 0.3) is 0 Å². The number of para-hydroxylation sites is 2. The minimum absolute atomic E-state index is 0.0949. The first kappa shape index (κ1) is 19.8. The fourth-order valence-corrected chi connectivity index (χ4v) is 6.49. The van der Waals surface area contributed by atoms with Gasteiger partial charge in [0, 0.05) is 33.2 Å². The zero-order valence-corrected chi connectivity index (χ0v) is 20.2. The summed E-state index contributed by atoms with van der Waals surface area (Å²) in [7, 11) is 0. The van der Waals surface area contributed by atoms with Gasteiger partial charge in [0.1, 0.15) is 0 Å². The number of benzene rings is 5. The molecule has 0 bridgehead atoms. The van der Waals surface area contributed by atoms with E-state index in [1.165, 1.54) is 49.3 Å². The SMILES string of the molecule is CC1(C)c2ccccc2-c2c1c1ccccc1c1c2c2ccccc2n1-c1ncc2ccccc2n1. The summed E-state index contributed by atoms with van der Waals surface area (Å²) >= 11 is 0. The van der Waals surface area contributed by atoms with Crippen molar-refractivity contribution in [3.8, 4) is 17.1 Å². The standard InChI is InChI=1S/C33H23N3/c1-33(2)25-16-8-6-14-23(25)28-29-24-15-7-10-18-27(24)36(31(29)22-13-5-4-12-21(22)30(28)33)32-34-19-20-11-3-9-17-26(20)35-32/h3-19H,1-2H3. The molecule has 0 N–H and O–H groups in total. The third-order valence-electron chi connectivity index (χ3n) is 8.00. The molecule has 0 radical (unpaired) electrons. The van der Waals surface area contributed by atoms with E-state index in [4.69, 9.17) is 9.97 Å². The lowest BCUT2D eigenvalue weighted by molar-refractivity contribution is 0.666. The predicted octanol–water partition coefficient (Wildman–Crippen LogP) is 8.19. The molecule has 0 fully saturated rings. The van der Waals surface area contributed by atoms with Gasteiger partial charge in [-0.05, 0) is 39.8 Å².